The summed E-state index contributed by atoms with van der Waals surface area (Å²) in [7, 11) is 0. The molecule has 1 saturated heterocycles. The Labute approximate surface area is 211 Å². The van der Waals surface area contributed by atoms with Crippen molar-refractivity contribution in [2.75, 3.05) is 23.7 Å². The maximum absolute atomic E-state index is 6.74. The number of nitrogens with zero attached hydrogens (tertiary/aromatic N) is 6. The zero-order valence-electron chi connectivity index (χ0n) is 18.9. The van der Waals surface area contributed by atoms with E-state index in [1.165, 1.54) is 22.9 Å². The van der Waals surface area contributed by atoms with Crippen LogP contribution in [0.1, 0.15) is 30.0 Å². The molecule has 1 unspecified atom stereocenters. The second-order valence-corrected chi connectivity index (χ2v) is 10.9. The van der Waals surface area contributed by atoms with Crippen LogP contribution in [0.5, 0.6) is 0 Å². The molecule has 7 rings (SSSR count). The summed E-state index contributed by atoms with van der Waals surface area (Å²) in [5.74, 6) is 1.31. The molecule has 1 aliphatic heterocycles. The second-order valence-electron chi connectivity index (χ2n) is 9.48. The summed E-state index contributed by atoms with van der Waals surface area (Å²) >= 11 is 7.91. The van der Waals surface area contributed by atoms with Crippen LogP contribution in [0.2, 0.25) is 5.02 Å². The second kappa shape index (κ2) is 7.68. The molecule has 1 fully saturated rings. The van der Waals surface area contributed by atoms with E-state index in [1.807, 2.05) is 36.8 Å². The third-order valence-corrected chi connectivity index (χ3v) is 9.30. The van der Waals surface area contributed by atoms with E-state index in [4.69, 9.17) is 33.0 Å². The fourth-order valence-electron chi connectivity index (χ4n) is 5.77. The highest BCUT2D eigenvalue weighted by Gasteiger charge is 2.46. The molecule has 5 aromatic heterocycles. The number of aromatic nitrogens is 5. The zero-order valence-corrected chi connectivity index (χ0v) is 20.4. The summed E-state index contributed by atoms with van der Waals surface area (Å²) in [4.78, 5) is 22.3. The van der Waals surface area contributed by atoms with Crippen LogP contribution in [-0.2, 0) is 6.42 Å². The SMILES string of the molecule is Nc1nccc(Sc2ccc3nc(N4CCC5(CC4)Cc4ccncc4C5N)c4cnc2n34)c1Cl. The smallest absolute Gasteiger partial charge is 0.157 e. The number of fused-ring (bicyclic) bond motifs is 1. The van der Waals surface area contributed by atoms with E-state index in [2.05, 4.69) is 25.3 Å². The van der Waals surface area contributed by atoms with Crippen molar-refractivity contribution in [3.8, 4) is 0 Å². The molecule has 0 radical (unpaired) electrons. The highest BCUT2D eigenvalue weighted by molar-refractivity contribution is 7.99. The molecule has 8 nitrogen and oxygen atoms in total. The fraction of sp³-hybridized carbons (Fsp3) is 0.280. The summed E-state index contributed by atoms with van der Waals surface area (Å²) < 4.78 is 2.13. The van der Waals surface area contributed by atoms with Crippen LogP contribution in [0, 0.1) is 5.41 Å². The Balaban J connectivity index is 1.18. The Morgan fingerprint density at radius 3 is 2.71 bits per heavy atom. The van der Waals surface area contributed by atoms with E-state index >= 15 is 0 Å². The lowest BCUT2D eigenvalue weighted by Gasteiger charge is -2.42. The molecule has 6 heterocycles. The number of nitrogens with two attached hydrogens (primary N) is 2. The topological polar surface area (TPSA) is 111 Å². The van der Waals surface area contributed by atoms with Gasteiger partial charge in [-0.05, 0) is 60.1 Å². The number of imidazole rings is 2. The van der Waals surface area contributed by atoms with Gasteiger partial charge in [0.05, 0.1) is 16.1 Å². The Morgan fingerprint density at radius 1 is 1.03 bits per heavy atom. The number of pyridine rings is 3. The summed E-state index contributed by atoms with van der Waals surface area (Å²) in [6.45, 7) is 1.84. The molecule has 5 aromatic rings. The van der Waals surface area contributed by atoms with Gasteiger partial charge in [-0.3, -0.25) is 9.38 Å². The number of anilines is 2. The van der Waals surface area contributed by atoms with Crippen LogP contribution >= 0.6 is 23.4 Å². The maximum atomic E-state index is 6.74. The van der Waals surface area contributed by atoms with Gasteiger partial charge in [0.25, 0.3) is 0 Å². The molecule has 35 heavy (non-hydrogen) atoms. The fourth-order valence-corrected chi connectivity index (χ4v) is 6.92. The van der Waals surface area contributed by atoms with Crippen LogP contribution < -0.4 is 16.4 Å². The van der Waals surface area contributed by atoms with E-state index < -0.39 is 0 Å². The van der Waals surface area contributed by atoms with E-state index in [-0.39, 0.29) is 11.5 Å². The highest BCUT2D eigenvalue weighted by Crippen LogP contribution is 2.51. The molecule has 10 heteroatoms. The van der Waals surface area contributed by atoms with Crippen molar-refractivity contribution in [2.24, 2.45) is 11.1 Å². The van der Waals surface area contributed by atoms with Crippen LogP contribution in [0.15, 0.2) is 58.8 Å². The Morgan fingerprint density at radius 2 is 1.89 bits per heavy atom. The Kier molecular flexibility index (Phi) is 4.64. The zero-order chi connectivity index (χ0) is 23.7. The van der Waals surface area contributed by atoms with Gasteiger partial charge in [-0.1, -0.05) is 23.4 Å². The lowest BCUT2D eigenvalue weighted by atomic mass is 9.73. The van der Waals surface area contributed by atoms with Crippen LogP contribution in [0.3, 0.4) is 0 Å². The van der Waals surface area contributed by atoms with Gasteiger partial charge < -0.3 is 16.4 Å². The quantitative estimate of drug-likeness (QED) is 0.375. The van der Waals surface area contributed by atoms with Crippen LogP contribution in [0.4, 0.5) is 11.6 Å². The first-order chi connectivity index (χ1) is 17.0. The van der Waals surface area contributed by atoms with Gasteiger partial charge in [-0.2, -0.15) is 0 Å². The standard InChI is InChI=1S/C25H23ClN8S/c26-20-17(4-8-30-22(20)28)35-18-1-2-19-32-23(16-13-31-24(18)34(16)19)33-9-5-25(6-10-33)11-14-3-7-29-12-15(14)21(25)27/h1-4,7-8,12-13,21H,5-6,9-11,27H2,(H2,28,30). The number of piperidine rings is 1. The maximum Gasteiger partial charge on any atom is 0.157 e. The van der Waals surface area contributed by atoms with Gasteiger partial charge in [-0.25, -0.2) is 15.0 Å². The van der Waals surface area contributed by atoms with E-state index in [9.17, 15) is 0 Å². The number of hydrogen-bond acceptors (Lipinski definition) is 8. The van der Waals surface area contributed by atoms with Crippen molar-refractivity contribution in [3.05, 3.63) is 65.2 Å². The highest BCUT2D eigenvalue weighted by atomic mass is 35.5. The van der Waals surface area contributed by atoms with Gasteiger partial charge >= 0.3 is 0 Å². The Hall–Kier alpha value is -3.14. The minimum atomic E-state index is 0.0476. The van der Waals surface area contributed by atoms with Gasteiger partial charge in [-0.15, -0.1) is 0 Å². The predicted octanol–water partition coefficient (Wildman–Crippen LogP) is 4.34. The molecular weight excluding hydrogens is 480 g/mol. The minimum Gasteiger partial charge on any atom is -0.382 e. The Bertz CT molecular complexity index is 1580. The molecule has 0 saturated carbocycles. The van der Waals surface area contributed by atoms with Gasteiger partial charge in [0.15, 0.2) is 11.5 Å². The molecule has 0 amide bonds. The van der Waals surface area contributed by atoms with E-state index in [0.717, 1.165) is 64.8 Å². The van der Waals surface area contributed by atoms with Crippen molar-refractivity contribution >= 4 is 51.8 Å². The lowest BCUT2D eigenvalue weighted by molar-refractivity contribution is 0.187. The minimum absolute atomic E-state index is 0.0476. The van der Waals surface area contributed by atoms with Crippen molar-refractivity contribution in [3.63, 3.8) is 0 Å². The first-order valence-corrected chi connectivity index (χ1v) is 12.8. The number of hydrogen-bond donors (Lipinski definition) is 2. The lowest BCUT2D eigenvalue weighted by Crippen LogP contribution is -2.44. The van der Waals surface area contributed by atoms with E-state index in [1.54, 1.807) is 6.20 Å². The summed E-state index contributed by atoms with van der Waals surface area (Å²) in [5.41, 5.74) is 18.1. The predicted molar refractivity (Wildman–Crippen MR) is 138 cm³/mol. The third kappa shape index (κ3) is 3.11. The molecule has 4 N–H and O–H groups in total. The number of halogens is 1. The third-order valence-electron chi connectivity index (χ3n) is 7.69. The largest absolute Gasteiger partial charge is 0.382 e. The average Bonchev–Trinajstić information content (AvgIpc) is 3.55. The van der Waals surface area contributed by atoms with Crippen LogP contribution in [0.25, 0.3) is 16.8 Å². The summed E-state index contributed by atoms with van der Waals surface area (Å²) in [5, 5.41) is 0.462. The van der Waals surface area contributed by atoms with E-state index in [0.29, 0.717) is 10.8 Å². The summed E-state index contributed by atoms with van der Waals surface area (Å²) in [6, 6.07) is 8.12. The van der Waals surface area contributed by atoms with Crippen molar-refractivity contribution in [1.29, 1.82) is 0 Å². The first-order valence-electron chi connectivity index (χ1n) is 11.6. The molecule has 176 valence electrons. The molecule has 2 aliphatic rings. The van der Waals surface area contributed by atoms with Gasteiger partial charge in [0, 0.05) is 42.6 Å². The average molecular weight is 503 g/mol. The van der Waals surface area contributed by atoms with Gasteiger partial charge in [0.1, 0.15) is 17.0 Å². The molecule has 1 atom stereocenters. The normalized spacial score (nSPS) is 19.3. The molecule has 1 aliphatic carbocycles. The monoisotopic (exact) mass is 502 g/mol. The van der Waals surface area contributed by atoms with Crippen LogP contribution in [-0.4, -0.2) is 37.4 Å². The summed E-state index contributed by atoms with van der Waals surface area (Å²) in [6.07, 6.45) is 10.5. The molecule has 0 bridgehead atoms. The first kappa shape index (κ1) is 21.2. The number of nitrogen functional groups attached to an aromatic ring is 1. The van der Waals surface area contributed by atoms with Crippen molar-refractivity contribution < 1.29 is 0 Å². The molecule has 0 aromatic carbocycles. The van der Waals surface area contributed by atoms with Crippen molar-refractivity contribution in [1.82, 2.24) is 24.3 Å². The number of rotatable bonds is 3. The van der Waals surface area contributed by atoms with Crippen molar-refractivity contribution in [2.45, 2.75) is 35.1 Å². The molecular formula is C25H23ClN8S. The van der Waals surface area contributed by atoms with Gasteiger partial charge in [0.2, 0.25) is 0 Å². The molecule has 1 spiro atoms.